The molecule has 2 aliphatic rings. The van der Waals surface area contributed by atoms with E-state index in [2.05, 4.69) is 51.3 Å². The molecule has 0 N–H and O–H groups in total. The van der Waals surface area contributed by atoms with E-state index in [0.717, 1.165) is 23.0 Å². The maximum Gasteiger partial charge on any atom is 0.211 e. The number of benzene rings is 1. The third kappa shape index (κ3) is 9.62. The van der Waals surface area contributed by atoms with Gasteiger partial charge in [-0.15, -0.1) is 70.6 Å². The van der Waals surface area contributed by atoms with Crippen molar-refractivity contribution in [2.45, 2.75) is 53.8 Å². The highest BCUT2D eigenvalue weighted by molar-refractivity contribution is 8.23. The second-order valence-corrected chi connectivity index (χ2v) is 18.6. The van der Waals surface area contributed by atoms with Crippen LogP contribution >= 0.6 is 94.1 Å². The first-order valence-electron chi connectivity index (χ1n) is 10.9. The minimum atomic E-state index is 0.0763. The van der Waals surface area contributed by atoms with E-state index in [1.807, 2.05) is 70.6 Å². The Hall–Kier alpha value is 0.840. The molecule has 0 radical (unpaired) electrons. The molecule has 6 atom stereocenters. The quantitative estimate of drug-likeness (QED) is 0.173. The van der Waals surface area contributed by atoms with Gasteiger partial charge >= 0.3 is 0 Å². The third-order valence-corrected chi connectivity index (χ3v) is 17.6. The number of carbonyl (C=O) groups is 2. The van der Waals surface area contributed by atoms with Crippen LogP contribution in [0.15, 0.2) is 59.4 Å². The highest BCUT2D eigenvalue weighted by atomic mass is 32.2. The van der Waals surface area contributed by atoms with Crippen molar-refractivity contribution in [3.8, 4) is 0 Å². The molecule has 10 heteroatoms. The molecule has 2 saturated heterocycles. The zero-order valence-corrected chi connectivity index (χ0v) is 25.8. The summed E-state index contributed by atoms with van der Waals surface area (Å²) in [5.74, 6) is 4.41. The molecule has 0 bridgehead atoms. The van der Waals surface area contributed by atoms with E-state index >= 15 is 0 Å². The standard InChI is InChI=1S/C24H30O2S8/c1-5-21(25)31-15(3)19-11-29-23(33-19)13-27-17-7-9-18(10-8-17)28-14-24-30-12-20(34-24)16(4)32-22(26)6-2/h5-10,15-16,19-20,23-24H,1-2,11-14H2,3-4H3. The molecule has 186 valence electrons. The smallest absolute Gasteiger partial charge is 0.211 e. The Balaban J connectivity index is 1.35. The van der Waals surface area contributed by atoms with E-state index in [0.29, 0.717) is 30.2 Å². The van der Waals surface area contributed by atoms with E-state index in [1.165, 1.54) is 45.5 Å². The molecule has 0 saturated carbocycles. The van der Waals surface area contributed by atoms with Gasteiger partial charge in [0.25, 0.3) is 0 Å². The van der Waals surface area contributed by atoms with Crippen LogP contribution in [0.3, 0.4) is 0 Å². The van der Waals surface area contributed by atoms with E-state index in [9.17, 15) is 9.59 Å². The summed E-state index contributed by atoms with van der Waals surface area (Å²) in [5, 5.41) is 1.87. The summed E-state index contributed by atoms with van der Waals surface area (Å²) in [5.41, 5.74) is 0. The maximum atomic E-state index is 11.6. The Bertz CT molecular complexity index is 777. The SMILES string of the molecule is C=CC(=O)SC(C)C1CSC(CSc2ccc(SCC3SCC(C(C)SC(=O)C=C)S3)cc2)S1. The Labute approximate surface area is 238 Å². The summed E-state index contributed by atoms with van der Waals surface area (Å²) in [6.07, 6.45) is 2.83. The van der Waals surface area contributed by atoms with Gasteiger partial charge in [0.2, 0.25) is 10.2 Å². The summed E-state index contributed by atoms with van der Waals surface area (Å²) in [6, 6.07) is 8.97. The zero-order valence-electron chi connectivity index (χ0n) is 19.3. The first-order valence-corrected chi connectivity index (χ1v) is 18.6. The van der Waals surface area contributed by atoms with Gasteiger partial charge in [-0.1, -0.05) is 50.5 Å². The summed E-state index contributed by atoms with van der Waals surface area (Å²) in [7, 11) is 0. The number of hydrogen-bond donors (Lipinski definition) is 0. The number of carbonyl (C=O) groups excluding carboxylic acids is 2. The lowest BCUT2D eigenvalue weighted by molar-refractivity contribution is -0.107. The van der Waals surface area contributed by atoms with Crippen LogP contribution in [0.4, 0.5) is 0 Å². The minimum Gasteiger partial charge on any atom is -0.282 e. The molecule has 1 aromatic carbocycles. The van der Waals surface area contributed by atoms with E-state index < -0.39 is 0 Å². The molecule has 2 fully saturated rings. The van der Waals surface area contributed by atoms with Crippen LogP contribution in [0.25, 0.3) is 0 Å². The van der Waals surface area contributed by atoms with Gasteiger partial charge in [-0.25, -0.2) is 0 Å². The lowest BCUT2D eigenvalue weighted by Crippen LogP contribution is -2.18. The Morgan fingerprint density at radius 1 is 0.853 bits per heavy atom. The van der Waals surface area contributed by atoms with Crippen LogP contribution in [0.2, 0.25) is 0 Å². The van der Waals surface area contributed by atoms with Crippen molar-refractivity contribution in [1.82, 2.24) is 0 Å². The van der Waals surface area contributed by atoms with Crippen molar-refractivity contribution in [3.05, 3.63) is 49.6 Å². The number of hydrogen-bond acceptors (Lipinski definition) is 10. The topological polar surface area (TPSA) is 34.1 Å². The van der Waals surface area contributed by atoms with Gasteiger partial charge in [0.05, 0.1) is 9.16 Å². The van der Waals surface area contributed by atoms with Crippen LogP contribution in [0.5, 0.6) is 0 Å². The second-order valence-electron chi connectivity index (χ2n) is 7.66. The number of rotatable bonds is 12. The molecule has 2 nitrogen and oxygen atoms in total. The van der Waals surface area contributed by atoms with Gasteiger partial charge in [0, 0.05) is 53.8 Å². The van der Waals surface area contributed by atoms with Gasteiger partial charge < -0.3 is 0 Å². The predicted molar refractivity (Wildman–Crippen MR) is 168 cm³/mol. The van der Waals surface area contributed by atoms with Crippen molar-refractivity contribution in [1.29, 1.82) is 0 Å². The highest BCUT2D eigenvalue weighted by Gasteiger charge is 2.32. The first kappa shape index (κ1) is 29.4. The molecular formula is C24H30O2S8. The molecule has 2 heterocycles. The lowest BCUT2D eigenvalue weighted by atomic mass is 10.4. The largest absolute Gasteiger partial charge is 0.282 e. The van der Waals surface area contributed by atoms with Crippen LogP contribution in [-0.2, 0) is 9.59 Å². The fourth-order valence-corrected chi connectivity index (χ4v) is 14.8. The lowest BCUT2D eigenvalue weighted by Gasteiger charge is -2.16. The van der Waals surface area contributed by atoms with Crippen molar-refractivity contribution in [3.63, 3.8) is 0 Å². The van der Waals surface area contributed by atoms with Gasteiger partial charge in [-0.3, -0.25) is 9.59 Å². The fraction of sp³-hybridized carbons (Fsp3) is 0.500. The monoisotopic (exact) mass is 606 g/mol. The summed E-state index contributed by atoms with van der Waals surface area (Å²) in [4.78, 5) is 25.9. The zero-order chi connectivity index (χ0) is 24.5. The van der Waals surface area contributed by atoms with Crippen molar-refractivity contribution in [2.24, 2.45) is 0 Å². The van der Waals surface area contributed by atoms with Crippen LogP contribution in [0, 0.1) is 0 Å². The Kier molecular flexibility index (Phi) is 13.2. The van der Waals surface area contributed by atoms with Gasteiger partial charge in [0.1, 0.15) is 0 Å². The minimum absolute atomic E-state index is 0.0763. The summed E-state index contributed by atoms with van der Waals surface area (Å²) in [6.45, 7) is 11.5. The maximum absolute atomic E-state index is 11.6. The van der Waals surface area contributed by atoms with E-state index in [4.69, 9.17) is 0 Å². The van der Waals surface area contributed by atoms with Crippen LogP contribution in [-0.4, -0.2) is 63.4 Å². The molecule has 0 aliphatic carbocycles. The normalized spacial score (nSPS) is 26.2. The molecule has 1 aromatic rings. The first-order chi connectivity index (χ1) is 16.4. The van der Waals surface area contributed by atoms with Gasteiger partial charge in [-0.2, -0.15) is 0 Å². The molecule has 3 rings (SSSR count). The van der Waals surface area contributed by atoms with Crippen molar-refractivity contribution in [2.75, 3.05) is 23.0 Å². The molecule has 0 amide bonds. The van der Waals surface area contributed by atoms with Gasteiger partial charge in [-0.05, 0) is 36.4 Å². The van der Waals surface area contributed by atoms with Crippen LogP contribution < -0.4 is 0 Å². The van der Waals surface area contributed by atoms with Crippen molar-refractivity contribution >= 4 is 104 Å². The molecule has 0 aromatic heterocycles. The number of thioether (sulfide) groups is 8. The van der Waals surface area contributed by atoms with E-state index in [1.54, 1.807) is 0 Å². The fourth-order valence-electron chi connectivity index (χ4n) is 3.19. The molecule has 6 unspecified atom stereocenters. The average Bonchev–Trinajstić information content (AvgIpc) is 3.52. The average molecular weight is 607 g/mol. The summed E-state index contributed by atoms with van der Waals surface area (Å²) >= 11 is 14.8. The highest BCUT2D eigenvalue weighted by Crippen LogP contribution is 2.45. The van der Waals surface area contributed by atoms with Crippen LogP contribution in [0.1, 0.15) is 13.8 Å². The molecule has 34 heavy (non-hydrogen) atoms. The molecular weight excluding hydrogens is 577 g/mol. The second kappa shape index (κ2) is 15.3. The summed E-state index contributed by atoms with van der Waals surface area (Å²) < 4.78 is 1.16. The van der Waals surface area contributed by atoms with Crippen molar-refractivity contribution < 1.29 is 9.59 Å². The molecule has 2 aliphatic heterocycles. The molecule has 0 spiro atoms. The Morgan fingerprint density at radius 3 is 1.59 bits per heavy atom. The Morgan fingerprint density at radius 2 is 1.24 bits per heavy atom. The van der Waals surface area contributed by atoms with Gasteiger partial charge in [0.15, 0.2) is 0 Å². The predicted octanol–water partition coefficient (Wildman–Crippen LogP) is 7.89. The third-order valence-electron chi connectivity index (χ3n) is 5.13. The van der Waals surface area contributed by atoms with E-state index in [-0.39, 0.29) is 10.2 Å².